The van der Waals surface area contributed by atoms with Gasteiger partial charge in [0.15, 0.2) is 17.2 Å². The largest absolute Gasteiger partial charge is 0.504 e. The Bertz CT molecular complexity index is 491. The number of hydrazine groups is 2. The van der Waals surface area contributed by atoms with Crippen LogP contribution in [0.15, 0.2) is 12.1 Å². The van der Waals surface area contributed by atoms with Crippen LogP contribution in [0.3, 0.4) is 0 Å². The highest BCUT2D eigenvalue weighted by Gasteiger charge is 2.31. The molecule has 0 saturated heterocycles. The van der Waals surface area contributed by atoms with Gasteiger partial charge in [-0.3, -0.25) is 16.1 Å². The number of phenols is 3. The number of aromatic hydroxyl groups is 3. The van der Waals surface area contributed by atoms with Crippen LogP contribution in [0.1, 0.15) is 5.56 Å². The minimum atomic E-state index is -1.86. The molecule has 10 nitrogen and oxygen atoms in total. The van der Waals surface area contributed by atoms with E-state index in [2.05, 4.69) is 10.9 Å². The average Bonchev–Trinajstić information content (AvgIpc) is 2.46. The minimum absolute atomic E-state index is 0.0719. The van der Waals surface area contributed by atoms with Crippen molar-refractivity contribution < 1.29 is 25.2 Å². The molecule has 1 amide bonds. The molecule has 0 saturated carbocycles. The Balaban J connectivity index is 2.62. The molecule has 10 heteroatoms. The maximum Gasteiger partial charge on any atom is 0.272 e. The zero-order chi connectivity index (χ0) is 15.3. The second kappa shape index (κ2) is 6.36. The van der Waals surface area contributed by atoms with E-state index in [0.29, 0.717) is 0 Å². The molecule has 1 aromatic rings. The first-order valence-electron chi connectivity index (χ1n) is 5.49. The molecule has 0 spiro atoms. The number of aliphatic hydroxyl groups excluding tert-OH is 1. The molecular weight excluding hydrogens is 270 g/mol. The van der Waals surface area contributed by atoms with E-state index in [1.54, 1.807) is 0 Å². The second-order valence-corrected chi connectivity index (χ2v) is 4.02. The highest BCUT2D eigenvalue weighted by atomic mass is 16.3. The summed E-state index contributed by atoms with van der Waals surface area (Å²) in [5.74, 6) is 2.55. The number of nitrogens with two attached hydrogens (primary N) is 2. The standard InChI is InChI=1S/C10H17N5O5/c11-10(4-16,15-12)9(20)14-13-3-5-1-2-6(17)8(19)7(5)18/h1-2,13,15-19H,3-4,11-12H2,(H,14,20). The van der Waals surface area contributed by atoms with Gasteiger partial charge in [-0.2, -0.15) is 0 Å². The number of aliphatic hydroxyl groups is 1. The molecule has 1 aromatic carbocycles. The van der Waals surface area contributed by atoms with Crippen molar-refractivity contribution in [3.05, 3.63) is 17.7 Å². The highest BCUT2D eigenvalue weighted by Crippen LogP contribution is 2.36. The second-order valence-electron chi connectivity index (χ2n) is 4.02. The lowest BCUT2D eigenvalue weighted by Crippen LogP contribution is -2.69. The van der Waals surface area contributed by atoms with E-state index in [-0.39, 0.29) is 12.1 Å². The van der Waals surface area contributed by atoms with Crippen molar-refractivity contribution in [2.45, 2.75) is 12.2 Å². The van der Waals surface area contributed by atoms with Gasteiger partial charge in [-0.05, 0) is 6.07 Å². The van der Waals surface area contributed by atoms with E-state index < -0.39 is 35.4 Å². The van der Waals surface area contributed by atoms with Crippen molar-refractivity contribution in [1.82, 2.24) is 16.3 Å². The van der Waals surface area contributed by atoms with Gasteiger partial charge in [0.05, 0.1) is 6.61 Å². The van der Waals surface area contributed by atoms with E-state index in [0.717, 1.165) is 0 Å². The predicted molar refractivity (Wildman–Crippen MR) is 67.7 cm³/mol. The third kappa shape index (κ3) is 3.26. The number of carbonyl (C=O) groups is 1. The molecule has 0 radical (unpaired) electrons. The predicted octanol–water partition coefficient (Wildman–Crippen LogP) is -2.97. The molecule has 1 rings (SSSR count). The number of benzene rings is 1. The maximum absolute atomic E-state index is 11.6. The molecule has 0 bridgehead atoms. The number of amides is 1. The fraction of sp³-hybridized carbons (Fsp3) is 0.300. The van der Waals surface area contributed by atoms with Crippen molar-refractivity contribution in [3.63, 3.8) is 0 Å². The average molecular weight is 287 g/mol. The smallest absolute Gasteiger partial charge is 0.272 e. The summed E-state index contributed by atoms with van der Waals surface area (Å²) in [5.41, 5.74) is 10.3. The van der Waals surface area contributed by atoms with Crippen molar-refractivity contribution >= 4 is 5.91 Å². The van der Waals surface area contributed by atoms with Crippen LogP contribution < -0.4 is 27.9 Å². The zero-order valence-corrected chi connectivity index (χ0v) is 10.4. The zero-order valence-electron chi connectivity index (χ0n) is 10.4. The lowest BCUT2D eigenvalue weighted by molar-refractivity contribution is -0.130. The number of rotatable bonds is 6. The van der Waals surface area contributed by atoms with Crippen molar-refractivity contribution in [2.75, 3.05) is 6.61 Å². The van der Waals surface area contributed by atoms with E-state index in [4.69, 9.17) is 21.8 Å². The van der Waals surface area contributed by atoms with Crippen LogP contribution in [0.4, 0.5) is 0 Å². The van der Waals surface area contributed by atoms with Gasteiger partial charge >= 0.3 is 0 Å². The Morgan fingerprint density at radius 2 is 1.90 bits per heavy atom. The van der Waals surface area contributed by atoms with Crippen LogP contribution in [-0.4, -0.2) is 38.6 Å². The highest BCUT2D eigenvalue weighted by molar-refractivity contribution is 5.85. The minimum Gasteiger partial charge on any atom is -0.504 e. The van der Waals surface area contributed by atoms with Crippen LogP contribution in [-0.2, 0) is 11.3 Å². The molecule has 0 aliphatic carbocycles. The van der Waals surface area contributed by atoms with E-state index in [1.165, 1.54) is 12.1 Å². The van der Waals surface area contributed by atoms with Crippen LogP contribution in [0.2, 0.25) is 0 Å². The summed E-state index contributed by atoms with van der Waals surface area (Å²) in [7, 11) is 0. The number of carbonyl (C=O) groups excluding carboxylic acids is 1. The number of phenolic OH excluding ortho intramolecular Hbond substituents is 3. The molecule has 0 aromatic heterocycles. The lowest BCUT2D eigenvalue weighted by Gasteiger charge is -2.24. The monoisotopic (exact) mass is 287 g/mol. The summed E-state index contributed by atoms with van der Waals surface area (Å²) in [4.78, 5) is 11.6. The van der Waals surface area contributed by atoms with Crippen molar-refractivity contribution in [3.8, 4) is 17.2 Å². The van der Waals surface area contributed by atoms with Gasteiger partial charge in [-0.25, -0.2) is 10.9 Å². The molecule has 1 atom stereocenters. The molecule has 0 aliphatic rings. The Labute approximate surface area is 113 Å². The topological polar surface area (TPSA) is 186 Å². The van der Waals surface area contributed by atoms with Crippen LogP contribution in [0.5, 0.6) is 17.2 Å². The quantitative estimate of drug-likeness (QED) is 0.114. The summed E-state index contributed by atoms with van der Waals surface area (Å²) >= 11 is 0. The van der Waals surface area contributed by atoms with Gasteiger partial charge in [-0.1, -0.05) is 6.07 Å². The van der Waals surface area contributed by atoms with Crippen molar-refractivity contribution in [1.29, 1.82) is 0 Å². The van der Waals surface area contributed by atoms with Gasteiger partial charge in [-0.15, -0.1) is 0 Å². The Morgan fingerprint density at radius 3 is 2.45 bits per heavy atom. The Kier molecular flexibility index (Phi) is 5.07. The molecular formula is C10H17N5O5. The van der Waals surface area contributed by atoms with Gasteiger partial charge < -0.3 is 26.2 Å². The van der Waals surface area contributed by atoms with E-state index >= 15 is 0 Å². The molecule has 20 heavy (non-hydrogen) atoms. The first-order chi connectivity index (χ1) is 9.35. The van der Waals surface area contributed by atoms with Crippen LogP contribution in [0, 0.1) is 0 Å². The fourth-order valence-corrected chi connectivity index (χ4v) is 1.27. The lowest BCUT2D eigenvalue weighted by atomic mass is 10.1. The van der Waals surface area contributed by atoms with E-state index in [9.17, 15) is 15.0 Å². The van der Waals surface area contributed by atoms with Crippen LogP contribution in [0.25, 0.3) is 0 Å². The van der Waals surface area contributed by atoms with E-state index in [1.807, 2.05) is 5.43 Å². The molecule has 0 heterocycles. The number of hydrogen-bond donors (Lipinski definition) is 9. The Hall–Kier alpha value is -2.11. The Morgan fingerprint density at radius 1 is 1.25 bits per heavy atom. The molecule has 112 valence electrons. The van der Waals surface area contributed by atoms with Gasteiger partial charge in [0.1, 0.15) is 0 Å². The van der Waals surface area contributed by atoms with Gasteiger partial charge in [0, 0.05) is 12.1 Å². The summed E-state index contributed by atoms with van der Waals surface area (Å²) in [6.45, 7) is -0.806. The third-order valence-corrected chi connectivity index (χ3v) is 2.61. The third-order valence-electron chi connectivity index (χ3n) is 2.61. The van der Waals surface area contributed by atoms with Crippen molar-refractivity contribution in [2.24, 2.45) is 11.6 Å². The molecule has 1 unspecified atom stereocenters. The number of nitrogens with one attached hydrogen (secondary N) is 3. The normalized spacial score (nSPS) is 13.8. The van der Waals surface area contributed by atoms with Crippen LogP contribution >= 0.6 is 0 Å². The molecule has 0 aliphatic heterocycles. The summed E-state index contributed by atoms with van der Waals surface area (Å²) in [6, 6.07) is 2.52. The first kappa shape index (κ1) is 15.9. The first-order valence-corrected chi connectivity index (χ1v) is 5.49. The van der Waals surface area contributed by atoms with Gasteiger partial charge in [0.25, 0.3) is 5.91 Å². The summed E-state index contributed by atoms with van der Waals surface area (Å²) in [6.07, 6.45) is 0. The summed E-state index contributed by atoms with van der Waals surface area (Å²) < 4.78 is 0. The summed E-state index contributed by atoms with van der Waals surface area (Å²) in [5, 5.41) is 36.9. The number of hydrogen-bond acceptors (Lipinski definition) is 9. The molecule has 11 N–H and O–H groups in total. The van der Waals surface area contributed by atoms with Gasteiger partial charge in [0.2, 0.25) is 5.75 Å². The SMILES string of the molecule is NNC(N)(CO)C(=O)NNCc1ccc(O)c(O)c1O. The molecule has 0 fully saturated rings. The fourth-order valence-electron chi connectivity index (χ4n) is 1.27. The maximum atomic E-state index is 11.6.